The van der Waals surface area contributed by atoms with Crippen LogP contribution in [0.15, 0.2) is 79.4 Å². The van der Waals surface area contributed by atoms with Crippen LogP contribution in [0.2, 0.25) is 0 Å². The Morgan fingerprint density at radius 1 is 0.929 bits per heavy atom. The first-order valence-electron chi connectivity index (χ1n) is 9.57. The van der Waals surface area contributed by atoms with E-state index >= 15 is 0 Å². The molecule has 5 heteroatoms. The van der Waals surface area contributed by atoms with Gasteiger partial charge in [-0.3, -0.25) is 4.90 Å². The Kier molecular flexibility index (Phi) is 4.43. The largest absolute Gasteiger partial charge is 0.292 e. The van der Waals surface area contributed by atoms with Gasteiger partial charge in [0.2, 0.25) is 0 Å². The molecule has 1 aliphatic heterocycles. The number of fused-ring (bicyclic) bond motifs is 1. The summed E-state index contributed by atoms with van der Waals surface area (Å²) in [5.74, 6) is 0.878. The lowest BCUT2D eigenvalue weighted by Crippen LogP contribution is -2.28. The van der Waals surface area contributed by atoms with Crippen LogP contribution in [0.4, 0.5) is 0 Å². The Morgan fingerprint density at radius 3 is 2.64 bits per heavy atom. The van der Waals surface area contributed by atoms with Crippen molar-refractivity contribution in [1.82, 2.24) is 24.6 Å². The van der Waals surface area contributed by atoms with Gasteiger partial charge >= 0.3 is 0 Å². The molecule has 28 heavy (non-hydrogen) atoms. The third-order valence-corrected chi connectivity index (χ3v) is 5.24. The van der Waals surface area contributed by atoms with E-state index in [-0.39, 0.29) is 0 Å². The third kappa shape index (κ3) is 3.32. The molecule has 5 nitrogen and oxygen atoms in total. The third-order valence-electron chi connectivity index (χ3n) is 5.24. The SMILES string of the molecule is C1=C(c2cnn(-c3cccc4ccccc34)c2)CCN(Cc2ncccn2)C1. The monoisotopic (exact) mass is 367 g/mol. The van der Waals surface area contributed by atoms with Gasteiger partial charge in [-0.2, -0.15) is 5.10 Å². The Balaban J connectivity index is 1.35. The fraction of sp³-hybridized carbons (Fsp3) is 0.174. The molecule has 5 rings (SSSR count). The summed E-state index contributed by atoms with van der Waals surface area (Å²) in [7, 11) is 0. The van der Waals surface area contributed by atoms with Gasteiger partial charge in [0.1, 0.15) is 5.82 Å². The van der Waals surface area contributed by atoms with Crippen LogP contribution >= 0.6 is 0 Å². The quantitative estimate of drug-likeness (QED) is 0.545. The smallest absolute Gasteiger partial charge is 0.142 e. The maximum atomic E-state index is 4.64. The number of hydrogen-bond acceptors (Lipinski definition) is 4. The Bertz CT molecular complexity index is 1120. The van der Waals surface area contributed by atoms with Crippen molar-refractivity contribution < 1.29 is 0 Å². The molecule has 0 bridgehead atoms. The highest BCUT2D eigenvalue weighted by Gasteiger charge is 2.16. The van der Waals surface area contributed by atoms with Crippen molar-refractivity contribution >= 4 is 16.3 Å². The second-order valence-electron chi connectivity index (χ2n) is 7.05. The average Bonchev–Trinajstić information content (AvgIpc) is 3.25. The molecule has 0 atom stereocenters. The first kappa shape index (κ1) is 16.8. The van der Waals surface area contributed by atoms with Crippen molar-refractivity contribution in [2.24, 2.45) is 0 Å². The van der Waals surface area contributed by atoms with Crippen molar-refractivity contribution in [2.45, 2.75) is 13.0 Å². The van der Waals surface area contributed by atoms with Crippen LogP contribution in [0.25, 0.3) is 22.0 Å². The molecule has 0 aliphatic carbocycles. The Hall–Kier alpha value is -3.31. The second kappa shape index (κ2) is 7.37. The van der Waals surface area contributed by atoms with Crippen molar-refractivity contribution in [2.75, 3.05) is 13.1 Å². The summed E-state index contributed by atoms with van der Waals surface area (Å²) < 4.78 is 1.99. The predicted molar refractivity (Wildman–Crippen MR) is 111 cm³/mol. The summed E-state index contributed by atoms with van der Waals surface area (Å²) in [6, 6.07) is 16.6. The highest BCUT2D eigenvalue weighted by molar-refractivity contribution is 5.90. The fourth-order valence-electron chi connectivity index (χ4n) is 3.76. The molecule has 0 unspecified atom stereocenters. The molecule has 4 aromatic rings. The Labute approximate surface area is 164 Å². The lowest BCUT2D eigenvalue weighted by molar-refractivity contribution is 0.286. The van der Waals surface area contributed by atoms with Crippen LogP contribution in [0.5, 0.6) is 0 Å². The minimum atomic E-state index is 0.792. The maximum absolute atomic E-state index is 4.64. The normalized spacial score (nSPS) is 14.9. The van der Waals surface area contributed by atoms with Gasteiger partial charge in [0.15, 0.2) is 0 Å². The summed E-state index contributed by atoms with van der Waals surface area (Å²) in [5, 5.41) is 7.08. The molecule has 0 saturated carbocycles. The van der Waals surface area contributed by atoms with Crippen LogP contribution in [0.1, 0.15) is 17.8 Å². The van der Waals surface area contributed by atoms with Gasteiger partial charge in [0, 0.05) is 42.6 Å². The van der Waals surface area contributed by atoms with E-state index in [1.807, 2.05) is 16.9 Å². The van der Waals surface area contributed by atoms with Crippen LogP contribution in [-0.4, -0.2) is 37.7 Å². The van der Waals surface area contributed by atoms with E-state index in [0.717, 1.165) is 37.6 Å². The number of rotatable bonds is 4. The summed E-state index contributed by atoms with van der Waals surface area (Å²) >= 11 is 0. The van der Waals surface area contributed by atoms with E-state index in [2.05, 4.69) is 74.7 Å². The molecule has 2 aromatic carbocycles. The molecule has 0 spiro atoms. The van der Waals surface area contributed by atoms with Gasteiger partial charge in [-0.05, 0) is 29.5 Å². The zero-order valence-corrected chi connectivity index (χ0v) is 15.6. The van der Waals surface area contributed by atoms with E-state index in [4.69, 9.17) is 0 Å². The molecule has 1 aliphatic rings. The lowest BCUT2D eigenvalue weighted by Gasteiger charge is -2.25. The summed E-state index contributed by atoms with van der Waals surface area (Å²) in [6.07, 6.45) is 11.0. The maximum Gasteiger partial charge on any atom is 0.142 e. The highest BCUT2D eigenvalue weighted by Crippen LogP contribution is 2.26. The number of aromatic nitrogens is 4. The molecule has 138 valence electrons. The van der Waals surface area contributed by atoms with Gasteiger partial charge in [-0.1, -0.05) is 42.5 Å². The van der Waals surface area contributed by atoms with E-state index < -0.39 is 0 Å². The van der Waals surface area contributed by atoms with Gasteiger partial charge < -0.3 is 0 Å². The zero-order chi connectivity index (χ0) is 18.8. The highest BCUT2D eigenvalue weighted by atomic mass is 15.3. The first-order chi connectivity index (χ1) is 13.9. The summed E-state index contributed by atoms with van der Waals surface area (Å²) in [4.78, 5) is 11.0. The first-order valence-corrected chi connectivity index (χ1v) is 9.57. The molecular formula is C23H21N5. The molecular weight excluding hydrogens is 346 g/mol. The van der Waals surface area contributed by atoms with Crippen LogP contribution in [-0.2, 0) is 6.54 Å². The average molecular weight is 367 g/mol. The van der Waals surface area contributed by atoms with Crippen molar-refractivity contribution in [3.63, 3.8) is 0 Å². The van der Waals surface area contributed by atoms with Gasteiger partial charge in [0.05, 0.1) is 18.4 Å². The van der Waals surface area contributed by atoms with Crippen LogP contribution in [0, 0.1) is 0 Å². The van der Waals surface area contributed by atoms with Crippen molar-refractivity contribution in [1.29, 1.82) is 0 Å². The fourth-order valence-corrected chi connectivity index (χ4v) is 3.76. The van der Waals surface area contributed by atoms with Crippen molar-refractivity contribution in [3.8, 4) is 5.69 Å². The molecule has 3 heterocycles. The van der Waals surface area contributed by atoms with Crippen LogP contribution < -0.4 is 0 Å². The van der Waals surface area contributed by atoms with Gasteiger partial charge in [-0.25, -0.2) is 14.6 Å². The molecule has 2 aromatic heterocycles. The number of nitrogens with zero attached hydrogens (tertiary/aromatic N) is 5. The lowest BCUT2D eigenvalue weighted by atomic mass is 10.0. The predicted octanol–water partition coefficient (Wildman–Crippen LogP) is 4.10. The van der Waals surface area contributed by atoms with E-state index in [9.17, 15) is 0 Å². The number of hydrogen-bond donors (Lipinski definition) is 0. The topological polar surface area (TPSA) is 46.8 Å². The molecule has 0 N–H and O–H groups in total. The molecule has 0 fully saturated rings. The van der Waals surface area contributed by atoms with E-state index in [0.29, 0.717) is 0 Å². The van der Waals surface area contributed by atoms with Crippen LogP contribution in [0.3, 0.4) is 0 Å². The standard InChI is InChI=1S/C23H21N5/c1-2-7-21-19(5-1)6-3-8-22(21)28-16-20(15-26-28)18-9-13-27(14-10-18)17-23-24-11-4-12-25-23/h1-9,11-12,15-16H,10,13-14,17H2. The summed E-state index contributed by atoms with van der Waals surface area (Å²) in [5.41, 5.74) is 3.67. The van der Waals surface area contributed by atoms with Crippen molar-refractivity contribution in [3.05, 3.63) is 90.8 Å². The molecule has 0 saturated heterocycles. The molecule has 0 amide bonds. The van der Waals surface area contributed by atoms with E-state index in [1.54, 1.807) is 12.4 Å². The zero-order valence-electron chi connectivity index (χ0n) is 15.6. The van der Waals surface area contributed by atoms with Gasteiger partial charge in [0.25, 0.3) is 0 Å². The summed E-state index contributed by atoms with van der Waals surface area (Å²) in [6.45, 7) is 2.70. The minimum absolute atomic E-state index is 0.792. The Morgan fingerprint density at radius 2 is 1.79 bits per heavy atom. The second-order valence-corrected chi connectivity index (χ2v) is 7.05. The number of benzene rings is 2. The molecule has 0 radical (unpaired) electrons. The van der Waals surface area contributed by atoms with Gasteiger partial charge in [-0.15, -0.1) is 0 Å². The minimum Gasteiger partial charge on any atom is -0.292 e. The van der Waals surface area contributed by atoms with E-state index in [1.165, 1.54) is 21.9 Å².